The number of urea groups is 1. The lowest BCUT2D eigenvalue weighted by Gasteiger charge is -2.24. The second-order valence-corrected chi connectivity index (χ2v) is 7.79. The normalized spacial score (nSPS) is 16.6. The van der Waals surface area contributed by atoms with Crippen LogP contribution in [0.1, 0.15) is 29.1 Å². The number of carbonyl (C=O) groups excluding carboxylic acids is 2. The molecule has 1 unspecified atom stereocenters. The molecule has 1 aromatic heterocycles. The summed E-state index contributed by atoms with van der Waals surface area (Å²) in [4.78, 5) is 31.0. The summed E-state index contributed by atoms with van der Waals surface area (Å²) in [5.41, 5.74) is 2.40. The van der Waals surface area contributed by atoms with Crippen LogP contribution in [0.2, 0.25) is 5.02 Å². The second-order valence-electron chi connectivity index (χ2n) is 6.32. The van der Waals surface area contributed by atoms with E-state index in [1.807, 2.05) is 25.3 Å². The van der Waals surface area contributed by atoms with E-state index < -0.39 is 6.04 Å². The summed E-state index contributed by atoms with van der Waals surface area (Å²) in [7, 11) is 0. The highest BCUT2D eigenvalue weighted by atomic mass is 35.5. The van der Waals surface area contributed by atoms with Crippen LogP contribution in [-0.4, -0.2) is 34.4 Å². The smallest absolute Gasteiger partial charge is 0.322 e. The van der Waals surface area contributed by atoms with E-state index in [1.54, 1.807) is 28.4 Å². The van der Waals surface area contributed by atoms with Gasteiger partial charge in [-0.25, -0.2) is 9.78 Å². The third-order valence-corrected chi connectivity index (χ3v) is 5.58. The monoisotopic (exact) mass is 392 g/mol. The number of nitrogens with one attached hydrogen (secondary N) is 2. The van der Waals surface area contributed by atoms with Crippen LogP contribution in [0.25, 0.3) is 0 Å². The van der Waals surface area contributed by atoms with Gasteiger partial charge in [0.1, 0.15) is 6.04 Å². The summed E-state index contributed by atoms with van der Waals surface area (Å²) in [6.07, 6.45) is 1.46. The molecule has 26 heavy (non-hydrogen) atoms. The highest BCUT2D eigenvalue weighted by Gasteiger charge is 2.34. The molecule has 0 radical (unpaired) electrons. The molecule has 1 aromatic carbocycles. The van der Waals surface area contributed by atoms with E-state index in [1.165, 1.54) is 0 Å². The molecule has 1 aliphatic heterocycles. The van der Waals surface area contributed by atoms with Gasteiger partial charge in [0, 0.05) is 22.6 Å². The highest BCUT2D eigenvalue weighted by molar-refractivity contribution is 7.09. The van der Waals surface area contributed by atoms with Gasteiger partial charge >= 0.3 is 6.03 Å². The number of amides is 3. The van der Waals surface area contributed by atoms with Crippen molar-refractivity contribution < 1.29 is 9.59 Å². The predicted molar refractivity (Wildman–Crippen MR) is 104 cm³/mol. The predicted octanol–water partition coefficient (Wildman–Crippen LogP) is 3.73. The van der Waals surface area contributed by atoms with Crippen molar-refractivity contribution in [2.75, 3.05) is 11.9 Å². The Labute approximate surface area is 161 Å². The topological polar surface area (TPSA) is 74.3 Å². The van der Waals surface area contributed by atoms with Crippen LogP contribution in [-0.2, 0) is 11.3 Å². The number of benzene rings is 1. The van der Waals surface area contributed by atoms with Crippen molar-refractivity contribution in [3.05, 3.63) is 44.9 Å². The van der Waals surface area contributed by atoms with E-state index in [0.717, 1.165) is 22.7 Å². The Bertz CT molecular complexity index is 823. The molecule has 1 saturated heterocycles. The largest absolute Gasteiger partial charge is 0.349 e. The summed E-state index contributed by atoms with van der Waals surface area (Å²) in [5.74, 6) is -0.148. The lowest BCUT2D eigenvalue weighted by molar-refractivity contribution is -0.124. The number of thiazole rings is 1. The van der Waals surface area contributed by atoms with Gasteiger partial charge in [0.05, 0.1) is 17.2 Å². The first-order valence-electron chi connectivity index (χ1n) is 8.46. The molecule has 3 rings (SSSR count). The zero-order valence-corrected chi connectivity index (χ0v) is 16.3. The van der Waals surface area contributed by atoms with Gasteiger partial charge in [-0.2, -0.15) is 0 Å². The molecule has 8 heteroatoms. The molecule has 1 aliphatic rings. The van der Waals surface area contributed by atoms with E-state index in [0.29, 0.717) is 30.2 Å². The number of hydrogen-bond donors (Lipinski definition) is 2. The SMILES string of the molecule is Cc1nc(CNC(=O)C2CCCN2C(=O)Nc2ccc(C)c(Cl)c2)cs1. The zero-order valence-electron chi connectivity index (χ0n) is 14.7. The van der Waals surface area contributed by atoms with Gasteiger partial charge in [-0.3, -0.25) is 4.79 Å². The fourth-order valence-electron chi connectivity index (χ4n) is 2.93. The Balaban J connectivity index is 1.60. The van der Waals surface area contributed by atoms with Crippen LogP contribution in [0.15, 0.2) is 23.6 Å². The van der Waals surface area contributed by atoms with E-state index >= 15 is 0 Å². The molecular weight excluding hydrogens is 372 g/mol. The van der Waals surface area contributed by atoms with E-state index in [9.17, 15) is 9.59 Å². The molecule has 3 amide bonds. The second kappa shape index (κ2) is 8.05. The first-order chi connectivity index (χ1) is 12.4. The molecular formula is C18H21ClN4O2S. The molecule has 6 nitrogen and oxygen atoms in total. The molecule has 0 bridgehead atoms. The lowest BCUT2D eigenvalue weighted by Crippen LogP contribution is -2.47. The maximum absolute atomic E-state index is 12.6. The maximum Gasteiger partial charge on any atom is 0.322 e. The van der Waals surface area contributed by atoms with Crippen molar-refractivity contribution in [2.24, 2.45) is 0 Å². The van der Waals surface area contributed by atoms with Crippen LogP contribution in [0, 0.1) is 13.8 Å². The number of hydrogen-bond acceptors (Lipinski definition) is 4. The van der Waals surface area contributed by atoms with Gasteiger partial charge in [0.25, 0.3) is 0 Å². The standard InChI is InChI=1S/C18H21ClN4O2S/c1-11-5-6-13(8-15(11)19)22-18(25)23-7-3-4-16(23)17(24)20-9-14-10-26-12(2)21-14/h5-6,8,10,16H,3-4,7,9H2,1-2H3,(H,20,24)(H,22,25). The molecule has 0 spiro atoms. The van der Waals surface area contributed by atoms with Gasteiger partial charge in [-0.15, -0.1) is 11.3 Å². The zero-order chi connectivity index (χ0) is 18.7. The number of rotatable bonds is 4. The van der Waals surface area contributed by atoms with Crippen molar-refractivity contribution in [1.29, 1.82) is 0 Å². The quantitative estimate of drug-likeness (QED) is 0.832. The number of nitrogens with zero attached hydrogens (tertiary/aromatic N) is 2. The molecule has 138 valence electrons. The Morgan fingerprint density at radius 3 is 2.88 bits per heavy atom. The number of likely N-dealkylation sites (tertiary alicyclic amines) is 1. The summed E-state index contributed by atoms with van der Waals surface area (Å²) < 4.78 is 0. The Morgan fingerprint density at radius 1 is 1.38 bits per heavy atom. The van der Waals surface area contributed by atoms with E-state index in [4.69, 9.17) is 11.6 Å². The summed E-state index contributed by atoms with van der Waals surface area (Å²) >= 11 is 7.65. The van der Waals surface area contributed by atoms with Crippen molar-refractivity contribution in [1.82, 2.24) is 15.2 Å². The van der Waals surface area contributed by atoms with E-state index in [-0.39, 0.29) is 11.9 Å². The fourth-order valence-corrected chi connectivity index (χ4v) is 3.73. The Kier molecular flexibility index (Phi) is 5.78. The minimum absolute atomic E-state index is 0.148. The first kappa shape index (κ1) is 18.7. The van der Waals surface area contributed by atoms with Crippen LogP contribution >= 0.6 is 22.9 Å². The van der Waals surface area contributed by atoms with Gasteiger partial charge < -0.3 is 15.5 Å². The van der Waals surface area contributed by atoms with Crippen molar-refractivity contribution >= 4 is 40.6 Å². The minimum atomic E-state index is -0.462. The number of carbonyl (C=O) groups is 2. The van der Waals surface area contributed by atoms with Crippen LogP contribution in [0.5, 0.6) is 0 Å². The summed E-state index contributed by atoms with van der Waals surface area (Å²) in [6.45, 7) is 4.76. The molecule has 2 N–H and O–H groups in total. The average molecular weight is 393 g/mol. The molecule has 1 fully saturated rings. The van der Waals surface area contributed by atoms with Gasteiger partial charge in [-0.1, -0.05) is 17.7 Å². The van der Waals surface area contributed by atoms with Crippen LogP contribution in [0.3, 0.4) is 0 Å². The summed E-state index contributed by atoms with van der Waals surface area (Å²) in [6, 6.07) is 4.61. The number of halogens is 1. The van der Waals surface area contributed by atoms with Crippen LogP contribution < -0.4 is 10.6 Å². The van der Waals surface area contributed by atoms with Crippen molar-refractivity contribution in [3.8, 4) is 0 Å². The number of anilines is 1. The number of aromatic nitrogens is 1. The average Bonchev–Trinajstić information content (AvgIpc) is 3.25. The molecule has 1 atom stereocenters. The number of aryl methyl sites for hydroxylation is 2. The maximum atomic E-state index is 12.6. The molecule has 0 saturated carbocycles. The fraction of sp³-hybridized carbons (Fsp3) is 0.389. The third-order valence-electron chi connectivity index (χ3n) is 4.35. The van der Waals surface area contributed by atoms with Crippen molar-refractivity contribution in [2.45, 2.75) is 39.3 Å². The molecule has 2 heterocycles. The lowest BCUT2D eigenvalue weighted by atomic mass is 10.2. The first-order valence-corrected chi connectivity index (χ1v) is 9.72. The third kappa shape index (κ3) is 4.34. The van der Waals surface area contributed by atoms with E-state index in [2.05, 4.69) is 15.6 Å². The Morgan fingerprint density at radius 2 is 2.19 bits per heavy atom. The molecule has 0 aliphatic carbocycles. The molecule has 2 aromatic rings. The van der Waals surface area contributed by atoms with Gasteiger partial charge in [0.2, 0.25) is 5.91 Å². The minimum Gasteiger partial charge on any atom is -0.349 e. The van der Waals surface area contributed by atoms with Gasteiger partial charge in [0.15, 0.2) is 0 Å². The highest BCUT2D eigenvalue weighted by Crippen LogP contribution is 2.23. The Hall–Kier alpha value is -2.12. The van der Waals surface area contributed by atoms with Crippen molar-refractivity contribution in [3.63, 3.8) is 0 Å². The summed E-state index contributed by atoms with van der Waals surface area (Å²) in [5, 5.41) is 9.19. The van der Waals surface area contributed by atoms with Gasteiger partial charge in [-0.05, 0) is 44.4 Å². The van der Waals surface area contributed by atoms with Crippen LogP contribution in [0.4, 0.5) is 10.5 Å².